The summed E-state index contributed by atoms with van der Waals surface area (Å²) in [6.07, 6.45) is -0.0270. The van der Waals surface area contributed by atoms with Crippen LogP contribution < -0.4 is 10.2 Å². The van der Waals surface area contributed by atoms with Gasteiger partial charge < -0.3 is 10.4 Å². The molecule has 3 rings (SSSR count). The van der Waals surface area contributed by atoms with Crippen molar-refractivity contribution in [1.82, 2.24) is 0 Å². The number of carboxylic acids is 1. The standard InChI is InChI=1S/C18H15ClN2O4/c1-10-6-7-11(18(24)25)8-15(10)21-16(22)9-14(17(21)23)20-13-5-3-2-4-12(13)19/h2-8,14,20H,9H2,1H3,(H,24,25). The molecule has 1 atom stereocenters. The zero-order chi connectivity index (χ0) is 18.1. The smallest absolute Gasteiger partial charge is 0.335 e. The summed E-state index contributed by atoms with van der Waals surface area (Å²) in [5, 5.41) is 12.6. The van der Waals surface area contributed by atoms with Crippen LogP contribution in [0.25, 0.3) is 0 Å². The number of benzene rings is 2. The van der Waals surface area contributed by atoms with Gasteiger partial charge in [0.25, 0.3) is 5.91 Å². The summed E-state index contributed by atoms with van der Waals surface area (Å²) in [5.74, 6) is -1.94. The number of nitrogens with one attached hydrogen (secondary N) is 1. The SMILES string of the molecule is Cc1ccc(C(=O)O)cc1N1C(=O)CC(Nc2ccccc2Cl)C1=O. The fourth-order valence-electron chi connectivity index (χ4n) is 2.75. The van der Waals surface area contributed by atoms with E-state index >= 15 is 0 Å². The Hall–Kier alpha value is -2.86. The van der Waals surface area contributed by atoms with Crippen LogP contribution in [0.1, 0.15) is 22.3 Å². The molecule has 0 radical (unpaired) electrons. The molecule has 2 N–H and O–H groups in total. The Kier molecular flexibility index (Phi) is 4.46. The molecule has 2 aromatic rings. The number of carboxylic acid groups (broad SMARTS) is 1. The van der Waals surface area contributed by atoms with E-state index in [9.17, 15) is 14.4 Å². The number of anilines is 2. The first kappa shape index (κ1) is 17.0. The van der Waals surface area contributed by atoms with E-state index in [0.717, 1.165) is 4.90 Å². The Morgan fingerprint density at radius 2 is 1.96 bits per heavy atom. The highest BCUT2D eigenvalue weighted by Crippen LogP contribution is 2.30. The Morgan fingerprint density at radius 1 is 1.24 bits per heavy atom. The van der Waals surface area contributed by atoms with Crippen molar-refractivity contribution >= 4 is 40.8 Å². The number of aromatic carboxylic acids is 1. The summed E-state index contributed by atoms with van der Waals surface area (Å²) in [6, 6.07) is 10.5. The fourth-order valence-corrected chi connectivity index (χ4v) is 2.94. The van der Waals surface area contributed by atoms with Crippen LogP contribution in [0.5, 0.6) is 0 Å². The summed E-state index contributed by atoms with van der Waals surface area (Å²) in [5.41, 5.74) is 1.51. The Balaban J connectivity index is 1.91. The van der Waals surface area contributed by atoms with Gasteiger partial charge in [-0.1, -0.05) is 29.8 Å². The van der Waals surface area contributed by atoms with Crippen molar-refractivity contribution in [3.05, 3.63) is 58.6 Å². The summed E-state index contributed by atoms with van der Waals surface area (Å²) in [4.78, 5) is 37.3. The van der Waals surface area contributed by atoms with E-state index in [1.54, 1.807) is 37.3 Å². The number of hydrogen-bond donors (Lipinski definition) is 2. The first-order valence-electron chi connectivity index (χ1n) is 7.60. The van der Waals surface area contributed by atoms with Crippen molar-refractivity contribution in [2.45, 2.75) is 19.4 Å². The molecule has 0 aromatic heterocycles. The molecule has 0 spiro atoms. The van der Waals surface area contributed by atoms with E-state index < -0.39 is 17.9 Å². The normalized spacial score (nSPS) is 17.0. The Morgan fingerprint density at radius 3 is 2.64 bits per heavy atom. The molecule has 1 aliphatic rings. The fraction of sp³-hybridized carbons (Fsp3) is 0.167. The van der Waals surface area contributed by atoms with Gasteiger partial charge in [-0.2, -0.15) is 0 Å². The highest BCUT2D eigenvalue weighted by Gasteiger charge is 2.40. The lowest BCUT2D eigenvalue weighted by atomic mass is 10.1. The minimum atomic E-state index is -1.12. The summed E-state index contributed by atoms with van der Waals surface area (Å²) in [7, 11) is 0. The van der Waals surface area contributed by atoms with Crippen molar-refractivity contribution in [1.29, 1.82) is 0 Å². The van der Waals surface area contributed by atoms with Gasteiger partial charge in [-0.3, -0.25) is 9.59 Å². The molecular formula is C18H15ClN2O4. The molecule has 128 valence electrons. The van der Waals surface area contributed by atoms with Crippen LogP contribution in [-0.2, 0) is 9.59 Å². The second-order valence-electron chi connectivity index (χ2n) is 5.75. The van der Waals surface area contributed by atoms with Gasteiger partial charge in [0.15, 0.2) is 0 Å². The molecule has 1 unspecified atom stereocenters. The summed E-state index contributed by atoms with van der Waals surface area (Å²) < 4.78 is 0. The van der Waals surface area contributed by atoms with Gasteiger partial charge in [-0.05, 0) is 36.8 Å². The third-order valence-electron chi connectivity index (χ3n) is 4.05. The lowest BCUT2D eigenvalue weighted by Crippen LogP contribution is -2.35. The summed E-state index contributed by atoms with van der Waals surface area (Å²) >= 11 is 6.08. The molecule has 1 aliphatic heterocycles. The molecule has 0 saturated carbocycles. The lowest BCUT2D eigenvalue weighted by molar-refractivity contribution is -0.121. The number of para-hydroxylation sites is 1. The summed E-state index contributed by atoms with van der Waals surface area (Å²) in [6.45, 7) is 1.72. The molecule has 1 fully saturated rings. The number of amides is 2. The van der Waals surface area contributed by atoms with Gasteiger partial charge in [-0.25, -0.2) is 9.69 Å². The third-order valence-corrected chi connectivity index (χ3v) is 4.38. The van der Waals surface area contributed by atoms with Crippen LogP contribution in [-0.4, -0.2) is 28.9 Å². The molecule has 1 saturated heterocycles. The molecule has 2 amide bonds. The number of halogens is 1. The van der Waals surface area contributed by atoms with Crippen LogP contribution in [0.15, 0.2) is 42.5 Å². The first-order chi connectivity index (χ1) is 11.9. The van der Waals surface area contributed by atoms with Crippen molar-refractivity contribution in [2.24, 2.45) is 0 Å². The maximum Gasteiger partial charge on any atom is 0.335 e. The highest BCUT2D eigenvalue weighted by atomic mass is 35.5. The highest BCUT2D eigenvalue weighted by molar-refractivity contribution is 6.33. The van der Waals surface area contributed by atoms with Crippen LogP contribution >= 0.6 is 11.6 Å². The average Bonchev–Trinajstić information content (AvgIpc) is 2.84. The molecule has 25 heavy (non-hydrogen) atoms. The number of nitrogens with zero attached hydrogens (tertiary/aromatic N) is 1. The van der Waals surface area contributed by atoms with E-state index in [1.807, 2.05) is 0 Å². The average molecular weight is 359 g/mol. The largest absolute Gasteiger partial charge is 0.478 e. The van der Waals surface area contributed by atoms with Gasteiger partial charge in [0.2, 0.25) is 5.91 Å². The van der Waals surface area contributed by atoms with E-state index in [-0.39, 0.29) is 17.9 Å². The van der Waals surface area contributed by atoms with E-state index in [0.29, 0.717) is 22.0 Å². The van der Waals surface area contributed by atoms with E-state index in [4.69, 9.17) is 16.7 Å². The molecule has 7 heteroatoms. The Labute approximate surface area is 149 Å². The van der Waals surface area contributed by atoms with Crippen LogP contribution in [0.4, 0.5) is 11.4 Å². The third kappa shape index (κ3) is 3.21. The minimum absolute atomic E-state index is 0.0173. The molecule has 2 aromatic carbocycles. The van der Waals surface area contributed by atoms with Gasteiger partial charge in [0.05, 0.1) is 28.4 Å². The van der Waals surface area contributed by atoms with Crippen molar-refractivity contribution < 1.29 is 19.5 Å². The molecule has 6 nitrogen and oxygen atoms in total. The number of hydrogen-bond acceptors (Lipinski definition) is 4. The zero-order valence-electron chi connectivity index (χ0n) is 13.3. The topological polar surface area (TPSA) is 86.7 Å². The Bertz CT molecular complexity index is 881. The van der Waals surface area contributed by atoms with Crippen LogP contribution in [0.2, 0.25) is 5.02 Å². The van der Waals surface area contributed by atoms with Gasteiger partial charge >= 0.3 is 5.97 Å². The van der Waals surface area contributed by atoms with Gasteiger partial charge in [0, 0.05) is 0 Å². The minimum Gasteiger partial charge on any atom is -0.478 e. The number of carbonyl (C=O) groups is 3. The predicted octanol–water partition coefficient (Wildman–Crippen LogP) is 3.09. The number of aryl methyl sites for hydroxylation is 1. The maximum absolute atomic E-state index is 12.7. The number of carbonyl (C=O) groups excluding carboxylic acids is 2. The van der Waals surface area contributed by atoms with Crippen LogP contribution in [0.3, 0.4) is 0 Å². The van der Waals surface area contributed by atoms with Crippen molar-refractivity contribution in [3.63, 3.8) is 0 Å². The second-order valence-corrected chi connectivity index (χ2v) is 6.16. The maximum atomic E-state index is 12.7. The van der Waals surface area contributed by atoms with Crippen molar-refractivity contribution in [2.75, 3.05) is 10.2 Å². The molecule has 1 heterocycles. The van der Waals surface area contributed by atoms with Crippen LogP contribution in [0, 0.1) is 6.92 Å². The predicted molar refractivity (Wildman–Crippen MR) is 94.1 cm³/mol. The second kappa shape index (κ2) is 6.57. The molecular weight excluding hydrogens is 344 g/mol. The van der Waals surface area contributed by atoms with Crippen molar-refractivity contribution in [3.8, 4) is 0 Å². The van der Waals surface area contributed by atoms with E-state index in [1.165, 1.54) is 12.1 Å². The number of imide groups is 1. The number of rotatable bonds is 4. The van der Waals surface area contributed by atoms with Gasteiger partial charge in [0.1, 0.15) is 6.04 Å². The molecule has 0 aliphatic carbocycles. The zero-order valence-corrected chi connectivity index (χ0v) is 14.1. The first-order valence-corrected chi connectivity index (χ1v) is 7.98. The molecule has 0 bridgehead atoms. The van der Waals surface area contributed by atoms with Gasteiger partial charge in [-0.15, -0.1) is 0 Å². The van der Waals surface area contributed by atoms with E-state index in [2.05, 4.69) is 5.32 Å². The lowest BCUT2D eigenvalue weighted by Gasteiger charge is -2.19. The monoisotopic (exact) mass is 358 g/mol. The quantitative estimate of drug-likeness (QED) is 0.820.